The van der Waals surface area contributed by atoms with E-state index >= 15 is 0 Å². The molecular formula is C9H17F3N2O2. The molecule has 7 heteroatoms. The molecule has 0 aliphatic heterocycles. The van der Waals surface area contributed by atoms with Crippen LogP contribution < -0.4 is 10.6 Å². The Morgan fingerprint density at radius 2 is 2.00 bits per heavy atom. The third kappa shape index (κ3) is 11.3. The molecule has 0 aromatic carbocycles. The highest BCUT2D eigenvalue weighted by atomic mass is 19.4. The second-order valence-corrected chi connectivity index (χ2v) is 3.12. The van der Waals surface area contributed by atoms with Crippen LogP contribution in [0.15, 0.2) is 0 Å². The van der Waals surface area contributed by atoms with E-state index in [-0.39, 0.29) is 18.9 Å². The summed E-state index contributed by atoms with van der Waals surface area (Å²) in [5, 5.41) is 5.55. The molecule has 2 N–H and O–H groups in total. The number of amides is 1. The number of carbonyl (C=O) groups is 1. The average molecular weight is 242 g/mol. The molecule has 0 aromatic rings. The number of hydrogen-bond donors (Lipinski definition) is 2. The zero-order valence-electron chi connectivity index (χ0n) is 9.19. The second-order valence-electron chi connectivity index (χ2n) is 3.12. The van der Waals surface area contributed by atoms with E-state index in [9.17, 15) is 18.0 Å². The van der Waals surface area contributed by atoms with Gasteiger partial charge in [0.2, 0.25) is 5.91 Å². The van der Waals surface area contributed by atoms with Crippen LogP contribution in [0.5, 0.6) is 0 Å². The number of hydrogen-bond acceptors (Lipinski definition) is 3. The van der Waals surface area contributed by atoms with E-state index in [4.69, 9.17) is 0 Å². The smallest absolute Gasteiger partial charge is 0.372 e. The van der Waals surface area contributed by atoms with Gasteiger partial charge in [-0.25, -0.2) is 0 Å². The Morgan fingerprint density at radius 1 is 1.31 bits per heavy atom. The molecule has 0 saturated heterocycles. The standard InChI is InChI=1S/C9H17F3N2O2/c1-2-13-4-5-14-8(15)3-6-16-7-9(10,11)12/h13H,2-7H2,1H3,(H,14,15). The maximum atomic E-state index is 11.6. The summed E-state index contributed by atoms with van der Waals surface area (Å²) < 4.78 is 39.2. The van der Waals surface area contributed by atoms with Crippen molar-refractivity contribution >= 4 is 5.91 Å². The summed E-state index contributed by atoms with van der Waals surface area (Å²) in [7, 11) is 0. The highest BCUT2D eigenvalue weighted by molar-refractivity contribution is 5.75. The predicted molar refractivity (Wildman–Crippen MR) is 53.0 cm³/mol. The van der Waals surface area contributed by atoms with Crippen molar-refractivity contribution in [2.24, 2.45) is 0 Å². The lowest BCUT2D eigenvalue weighted by molar-refractivity contribution is -0.174. The number of rotatable bonds is 8. The van der Waals surface area contributed by atoms with Gasteiger partial charge in [-0.1, -0.05) is 6.92 Å². The molecule has 96 valence electrons. The largest absolute Gasteiger partial charge is 0.411 e. The first-order chi connectivity index (χ1) is 7.45. The minimum atomic E-state index is -4.33. The number of carbonyl (C=O) groups excluding carboxylic acids is 1. The Kier molecular flexibility index (Phi) is 7.92. The second kappa shape index (κ2) is 8.35. The fourth-order valence-corrected chi connectivity index (χ4v) is 0.908. The summed E-state index contributed by atoms with van der Waals surface area (Å²) in [5.41, 5.74) is 0. The van der Waals surface area contributed by atoms with Gasteiger partial charge in [-0.2, -0.15) is 13.2 Å². The van der Waals surface area contributed by atoms with Gasteiger partial charge >= 0.3 is 6.18 Å². The van der Waals surface area contributed by atoms with Crippen molar-refractivity contribution in [1.82, 2.24) is 10.6 Å². The fourth-order valence-electron chi connectivity index (χ4n) is 0.908. The molecule has 16 heavy (non-hydrogen) atoms. The van der Waals surface area contributed by atoms with E-state index in [1.54, 1.807) is 0 Å². The van der Waals surface area contributed by atoms with Crippen molar-refractivity contribution in [3.05, 3.63) is 0 Å². The molecule has 0 fully saturated rings. The molecule has 0 saturated carbocycles. The van der Waals surface area contributed by atoms with E-state index in [1.165, 1.54) is 0 Å². The molecule has 0 radical (unpaired) electrons. The Hall–Kier alpha value is -0.820. The topological polar surface area (TPSA) is 50.4 Å². The molecule has 0 aromatic heterocycles. The molecule has 4 nitrogen and oxygen atoms in total. The lowest BCUT2D eigenvalue weighted by atomic mass is 10.4. The minimum Gasteiger partial charge on any atom is -0.372 e. The van der Waals surface area contributed by atoms with Crippen LogP contribution >= 0.6 is 0 Å². The Balaban J connectivity index is 3.31. The summed E-state index contributed by atoms with van der Waals surface area (Å²) in [6.07, 6.45) is -4.39. The summed E-state index contributed by atoms with van der Waals surface area (Å²) >= 11 is 0. The zero-order valence-corrected chi connectivity index (χ0v) is 9.19. The fraction of sp³-hybridized carbons (Fsp3) is 0.889. The van der Waals surface area contributed by atoms with Gasteiger partial charge in [0.15, 0.2) is 0 Å². The number of nitrogens with one attached hydrogen (secondary N) is 2. The molecular weight excluding hydrogens is 225 g/mol. The van der Waals surface area contributed by atoms with E-state index in [1.807, 2.05) is 6.92 Å². The number of alkyl halides is 3. The highest BCUT2D eigenvalue weighted by Gasteiger charge is 2.27. The van der Waals surface area contributed by atoms with Gasteiger partial charge in [0.05, 0.1) is 6.61 Å². The van der Waals surface area contributed by atoms with E-state index in [0.717, 1.165) is 6.54 Å². The molecule has 0 aliphatic carbocycles. The molecule has 0 bridgehead atoms. The van der Waals surface area contributed by atoms with Crippen LogP contribution in [0, 0.1) is 0 Å². The van der Waals surface area contributed by atoms with Crippen LogP contribution in [-0.2, 0) is 9.53 Å². The zero-order chi connectivity index (χ0) is 12.4. The minimum absolute atomic E-state index is 0.0534. The molecule has 0 rings (SSSR count). The summed E-state index contributed by atoms with van der Waals surface area (Å²) in [6, 6.07) is 0. The maximum absolute atomic E-state index is 11.6. The summed E-state index contributed by atoms with van der Waals surface area (Å²) in [4.78, 5) is 11.0. The first kappa shape index (κ1) is 15.2. The molecule has 0 unspecified atom stereocenters. The first-order valence-corrected chi connectivity index (χ1v) is 5.07. The van der Waals surface area contributed by atoms with Crippen molar-refractivity contribution in [3.8, 4) is 0 Å². The van der Waals surface area contributed by atoms with E-state index in [2.05, 4.69) is 15.4 Å². The Bertz CT molecular complexity index is 198. The SMILES string of the molecule is CCNCCNC(=O)CCOCC(F)(F)F. The molecule has 0 spiro atoms. The lowest BCUT2D eigenvalue weighted by Crippen LogP contribution is -2.32. The van der Waals surface area contributed by atoms with Crippen LogP contribution in [0.4, 0.5) is 13.2 Å². The van der Waals surface area contributed by atoms with Gasteiger partial charge in [0.1, 0.15) is 6.61 Å². The van der Waals surface area contributed by atoms with Crippen LogP contribution in [-0.4, -0.2) is 44.9 Å². The molecule has 1 amide bonds. The van der Waals surface area contributed by atoms with Crippen LogP contribution in [0.3, 0.4) is 0 Å². The van der Waals surface area contributed by atoms with Crippen LogP contribution in [0.1, 0.15) is 13.3 Å². The third-order valence-electron chi connectivity index (χ3n) is 1.61. The molecule has 0 atom stereocenters. The lowest BCUT2D eigenvalue weighted by Gasteiger charge is -2.08. The van der Waals surface area contributed by atoms with Crippen molar-refractivity contribution in [2.45, 2.75) is 19.5 Å². The third-order valence-corrected chi connectivity index (χ3v) is 1.61. The predicted octanol–water partition coefficient (Wildman–Crippen LogP) is 0.681. The summed E-state index contributed by atoms with van der Waals surface area (Å²) in [6.45, 7) is 2.33. The van der Waals surface area contributed by atoms with Crippen molar-refractivity contribution < 1.29 is 22.7 Å². The average Bonchev–Trinajstić information content (AvgIpc) is 2.18. The van der Waals surface area contributed by atoms with E-state index in [0.29, 0.717) is 13.1 Å². The van der Waals surface area contributed by atoms with Gasteiger partial charge in [0.25, 0.3) is 0 Å². The molecule has 0 aliphatic rings. The van der Waals surface area contributed by atoms with Gasteiger partial charge < -0.3 is 15.4 Å². The van der Waals surface area contributed by atoms with Crippen LogP contribution in [0.2, 0.25) is 0 Å². The van der Waals surface area contributed by atoms with Crippen molar-refractivity contribution in [1.29, 1.82) is 0 Å². The maximum Gasteiger partial charge on any atom is 0.411 e. The Morgan fingerprint density at radius 3 is 2.56 bits per heavy atom. The van der Waals surface area contributed by atoms with Crippen molar-refractivity contribution in [3.63, 3.8) is 0 Å². The van der Waals surface area contributed by atoms with Crippen molar-refractivity contribution in [2.75, 3.05) is 32.8 Å². The first-order valence-electron chi connectivity index (χ1n) is 5.07. The van der Waals surface area contributed by atoms with Crippen LogP contribution in [0.25, 0.3) is 0 Å². The Labute approximate surface area is 92.5 Å². The normalized spacial score (nSPS) is 11.5. The number of likely N-dealkylation sites (N-methyl/N-ethyl adjacent to an activating group) is 1. The van der Waals surface area contributed by atoms with E-state index < -0.39 is 12.8 Å². The highest BCUT2D eigenvalue weighted by Crippen LogP contribution is 2.14. The van der Waals surface area contributed by atoms with Gasteiger partial charge in [-0.3, -0.25) is 4.79 Å². The molecule has 0 heterocycles. The number of ether oxygens (including phenoxy) is 1. The summed E-state index contributed by atoms with van der Waals surface area (Å²) in [5.74, 6) is -0.305. The van der Waals surface area contributed by atoms with Gasteiger partial charge in [-0.15, -0.1) is 0 Å². The quantitative estimate of drug-likeness (QED) is 0.615. The van der Waals surface area contributed by atoms with Gasteiger partial charge in [0, 0.05) is 19.5 Å². The van der Waals surface area contributed by atoms with Gasteiger partial charge in [-0.05, 0) is 6.54 Å². The monoisotopic (exact) mass is 242 g/mol. The number of halogens is 3.